The maximum Gasteiger partial charge on any atom is 0.134 e. The van der Waals surface area contributed by atoms with E-state index >= 15 is 0 Å². The van der Waals surface area contributed by atoms with Crippen LogP contribution in [0.3, 0.4) is 0 Å². The highest BCUT2D eigenvalue weighted by molar-refractivity contribution is 6.30. The lowest BCUT2D eigenvalue weighted by molar-refractivity contribution is 0.0543. The smallest absolute Gasteiger partial charge is 0.134 e. The first-order valence-corrected chi connectivity index (χ1v) is 10.4. The largest absolute Gasteiger partial charge is 0.394 e. The third kappa shape index (κ3) is 4.09. The Morgan fingerprint density at radius 3 is 2.75 bits per heavy atom. The van der Waals surface area contributed by atoms with Crippen molar-refractivity contribution in [1.82, 2.24) is 9.97 Å². The Balaban J connectivity index is 1.51. The molecule has 28 heavy (non-hydrogen) atoms. The first-order chi connectivity index (χ1) is 13.7. The predicted molar refractivity (Wildman–Crippen MR) is 111 cm³/mol. The molecule has 2 aromatic rings. The standard InChI is InChI=1S/C21H27ClN4O2/c22-17-5-3-16(4-6-17)21(7-10-28-11-8-21)14-23-19-12-20(25-15-24-19)26-9-1-2-18(26)13-27/h3-6,12,15,18,27H,1-2,7-11,13-14H2,(H,23,24,25). The molecule has 3 heterocycles. The first-order valence-electron chi connectivity index (χ1n) is 9.97. The van der Waals surface area contributed by atoms with Gasteiger partial charge in [-0.15, -0.1) is 0 Å². The Morgan fingerprint density at radius 1 is 1.21 bits per heavy atom. The van der Waals surface area contributed by atoms with Crippen LogP contribution in [0.15, 0.2) is 36.7 Å². The SMILES string of the molecule is OCC1CCCN1c1cc(NCC2(c3ccc(Cl)cc3)CCOCC2)ncn1. The van der Waals surface area contributed by atoms with Crippen LogP contribution in [0.25, 0.3) is 0 Å². The number of hydrogen-bond donors (Lipinski definition) is 2. The number of anilines is 2. The minimum Gasteiger partial charge on any atom is -0.394 e. The van der Waals surface area contributed by atoms with Crippen LogP contribution in [0.4, 0.5) is 11.6 Å². The molecule has 1 aromatic heterocycles. The Kier molecular flexibility index (Phi) is 5.99. The molecule has 0 aliphatic carbocycles. The quantitative estimate of drug-likeness (QED) is 0.772. The van der Waals surface area contributed by atoms with E-state index in [0.29, 0.717) is 0 Å². The summed E-state index contributed by atoms with van der Waals surface area (Å²) in [5.41, 5.74) is 1.27. The van der Waals surface area contributed by atoms with Gasteiger partial charge < -0.3 is 20.1 Å². The van der Waals surface area contributed by atoms with Crippen molar-refractivity contribution >= 4 is 23.2 Å². The predicted octanol–water partition coefficient (Wildman–Crippen LogP) is 3.25. The molecule has 0 spiro atoms. The zero-order valence-electron chi connectivity index (χ0n) is 16.0. The van der Waals surface area contributed by atoms with Gasteiger partial charge in [0, 0.05) is 42.8 Å². The monoisotopic (exact) mass is 402 g/mol. The van der Waals surface area contributed by atoms with Gasteiger partial charge in [0.05, 0.1) is 12.6 Å². The van der Waals surface area contributed by atoms with Crippen molar-refractivity contribution < 1.29 is 9.84 Å². The number of aliphatic hydroxyl groups is 1. The summed E-state index contributed by atoms with van der Waals surface area (Å²) in [4.78, 5) is 11.0. The molecule has 1 atom stereocenters. The van der Waals surface area contributed by atoms with Gasteiger partial charge in [0.25, 0.3) is 0 Å². The van der Waals surface area contributed by atoms with Crippen LogP contribution < -0.4 is 10.2 Å². The third-order valence-electron chi connectivity index (χ3n) is 6.05. The molecule has 1 unspecified atom stereocenters. The van der Waals surface area contributed by atoms with Gasteiger partial charge in [0.1, 0.15) is 18.0 Å². The second-order valence-corrected chi connectivity index (χ2v) is 8.12. The lowest BCUT2D eigenvalue weighted by atomic mass is 9.74. The maximum absolute atomic E-state index is 9.60. The highest BCUT2D eigenvalue weighted by atomic mass is 35.5. The normalized spacial score (nSPS) is 21.6. The van der Waals surface area contributed by atoms with Gasteiger partial charge in [0.15, 0.2) is 0 Å². The molecule has 0 radical (unpaired) electrons. The van der Waals surface area contributed by atoms with Crippen molar-refractivity contribution in [3.63, 3.8) is 0 Å². The Labute approximate surface area is 170 Å². The van der Waals surface area contributed by atoms with E-state index < -0.39 is 0 Å². The van der Waals surface area contributed by atoms with Crippen LogP contribution in [0, 0.1) is 0 Å². The van der Waals surface area contributed by atoms with Crippen molar-refractivity contribution in [3.8, 4) is 0 Å². The molecule has 4 rings (SSSR count). The van der Waals surface area contributed by atoms with Crippen LogP contribution >= 0.6 is 11.6 Å². The molecule has 150 valence electrons. The van der Waals surface area contributed by atoms with Crippen molar-refractivity contribution in [2.45, 2.75) is 37.1 Å². The van der Waals surface area contributed by atoms with E-state index in [4.69, 9.17) is 16.3 Å². The van der Waals surface area contributed by atoms with Gasteiger partial charge in [-0.1, -0.05) is 23.7 Å². The number of benzene rings is 1. The van der Waals surface area contributed by atoms with E-state index in [1.807, 2.05) is 18.2 Å². The molecule has 0 saturated carbocycles. The number of aliphatic hydroxyl groups excluding tert-OH is 1. The summed E-state index contributed by atoms with van der Waals surface area (Å²) in [6.45, 7) is 3.37. The van der Waals surface area contributed by atoms with Crippen molar-refractivity contribution in [3.05, 3.63) is 47.2 Å². The van der Waals surface area contributed by atoms with Crippen molar-refractivity contribution in [2.24, 2.45) is 0 Å². The van der Waals surface area contributed by atoms with Crippen LogP contribution in [-0.2, 0) is 10.2 Å². The van der Waals surface area contributed by atoms with E-state index in [2.05, 4.69) is 32.3 Å². The lowest BCUT2D eigenvalue weighted by Crippen LogP contribution is -2.40. The summed E-state index contributed by atoms with van der Waals surface area (Å²) in [7, 11) is 0. The zero-order valence-corrected chi connectivity index (χ0v) is 16.7. The zero-order chi connectivity index (χ0) is 19.4. The van der Waals surface area contributed by atoms with Crippen LogP contribution in [0.1, 0.15) is 31.2 Å². The van der Waals surface area contributed by atoms with E-state index in [1.165, 1.54) is 5.56 Å². The maximum atomic E-state index is 9.60. The first kappa shape index (κ1) is 19.4. The molecule has 2 aliphatic rings. The van der Waals surface area contributed by atoms with E-state index in [9.17, 15) is 5.11 Å². The molecule has 0 amide bonds. The average molecular weight is 403 g/mol. The second kappa shape index (κ2) is 8.64. The van der Waals surface area contributed by atoms with Gasteiger partial charge in [0.2, 0.25) is 0 Å². The van der Waals surface area contributed by atoms with Gasteiger partial charge in [-0.3, -0.25) is 0 Å². The molecule has 2 fully saturated rings. The average Bonchev–Trinajstić information content (AvgIpc) is 3.23. The van der Waals surface area contributed by atoms with Gasteiger partial charge in [-0.25, -0.2) is 9.97 Å². The van der Waals surface area contributed by atoms with E-state index in [0.717, 1.165) is 68.6 Å². The molecule has 1 aromatic carbocycles. The summed E-state index contributed by atoms with van der Waals surface area (Å²) in [5.74, 6) is 1.69. The fourth-order valence-corrected chi connectivity index (χ4v) is 4.45. The molecule has 2 aliphatic heterocycles. The van der Waals surface area contributed by atoms with E-state index in [1.54, 1.807) is 6.33 Å². The molecule has 7 heteroatoms. The fraction of sp³-hybridized carbons (Fsp3) is 0.524. The number of halogens is 1. The molecule has 6 nitrogen and oxygen atoms in total. The highest BCUT2D eigenvalue weighted by Crippen LogP contribution is 2.36. The van der Waals surface area contributed by atoms with Crippen molar-refractivity contribution in [2.75, 3.05) is 43.1 Å². The molecule has 0 bridgehead atoms. The second-order valence-electron chi connectivity index (χ2n) is 7.69. The summed E-state index contributed by atoms with van der Waals surface area (Å²) in [6.07, 6.45) is 5.60. The summed E-state index contributed by atoms with van der Waals surface area (Å²) in [6, 6.07) is 10.3. The number of nitrogens with zero attached hydrogens (tertiary/aromatic N) is 3. The topological polar surface area (TPSA) is 70.5 Å². The number of rotatable bonds is 6. The Bertz CT molecular complexity index is 780. The molecule has 2 N–H and O–H groups in total. The molecule has 2 saturated heterocycles. The summed E-state index contributed by atoms with van der Waals surface area (Å²) >= 11 is 6.09. The summed E-state index contributed by atoms with van der Waals surface area (Å²) in [5, 5.41) is 13.9. The highest BCUT2D eigenvalue weighted by Gasteiger charge is 2.34. The number of aromatic nitrogens is 2. The van der Waals surface area contributed by atoms with Gasteiger partial charge >= 0.3 is 0 Å². The Morgan fingerprint density at radius 2 is 2.00 bits per heavy atom. The van der Waals surface area contributed by atoms with Crippen LogP contribution in [0.5, 0.6) is 0 Å². The third-order valence-corrected chi connectivity index (χ3v) is 6.30. The summed E-state index contributed by atoms with van der Waals surface area (Å²) < 4.78 is 5.62. The number of hydrogen-bond acceptors (Lipinski definition) is 6. The van der Waals surface area contributed by atoms with Gasteiger partial charge in [-0.2, -0.15) is 0 Å². The van der Waals surface area contributed by atoms with Crippen LogP contribution in [0.2, 0.25) is 5.02 Å². The minimum atomic E-state index is -0.00473. The van der Waals surface area contributed by atoms with Crippen LogP contribution in [-0.4, -0.2) is 54.0 Å². The van der Waals surface area contributed by atoms with Crippen molar-refractivity contribution in [1.29, 1.82) is 0 Å². The number of nitrogens with one attached hydrogen (secondary N) is 1. The molecular weight excluding hydrogens is 376 g/mol. The minimum absolute atomic E-state index is 0.00473. The van der Waals surface area contributed by atoms with E-state index in [-0.39, 0.29) is 18.1 Å². The number of ether oxygens (including phenoxy) is 1. The fourth-order valence-electron chi connectivity index (χ4n) is 4.32. The lowest BCUT2D eigenvalue weighted by Gasteiger charge is -2.38. The Hall–Kier alpha value is -1.89. The molecular formula is C21H27ClN4O2. The van der Waals surface area contributed by atoms with Gasteiger partial charge in [-0.05, 0) is 43.4 Å².